The molecule has 18 nitrogen and oxygen atoms in total. The van der Waals surface area contributed by atoms with Crippen molar-refractivity contribution in [3.05, 3.63) is 88.9 Å². The molecule has 79 heavy (non-hydrogen) atoms. The predicted octanol–water partition coefficient (Wildman–Crippen LogP) is 7.48. The Bertz CT molecular complexity index is 2870. The molecule has 3 aliphatic rings. The Morgan fingerprint density at radius 2 is 1.77 bits per heavy atom. The van der Waals surface area contributed by atoms with Crippen LogP contribution in [0.1, 0.15) is 102 Å². The van der Waals surface area contributed by atoms with Crippen molar-refractivity contribution in [2.24, 2.45) is 17.5 Å². The number of hydrazine groups is 1. The minimum atomic E-state index is -3.77. The Balaban J connectivity index is 0.000000265. The van der Waals surface area contributed by atoms with Gasteiger partial charge >= 0.3 is 6.29 Å². The van der Waals surface area contributed by atoms with E-state index in [4.69, 9.17) is 22.0 Å². The van der Waals surface area contributed by atoms with Gasteiger partial charge in [-0.05, 0) is 98.6 Å². The van der Waals surface area contributed by atoms with Gasteiger partial charge in [-0.3, -0.25) is 14.6 Å². The maximum Gasteiger partial charge on any atom is 0.586 e. The van der Waals surface area contributed by atoms with Crippen LogP contribution in [0.3, 0.4) is 0 Å². The van der Waals surface area contributed by atoms with Crippen LogP contribution >= 0.6 is 11.8 Å². The molecule has 0 radical (unpaired) electrons. The summed E-state index contributed by atoms with van der Waals surface area (Å²) in [6.45, 7) is 17.9. The molecule has 2 aliphatic heterocycles. The van der Waals surface area contributed by atoms with Crippen molar-refractivity contribution in [2.75, 3.05) is 86.2 Å². The predicted molar refractivity (Wildman–Crippen MR) is 305 cm³/mol. The third-order valence-electron chi connectivity index (χ3n) is 13.4. The zero-order valence-corrected chi connectivity index (χ0v) is 47.0. The second-order valence-corrected chi connectivity index (χ2v) is 21.7. The van der Waals surface area contributed by atoms with E-state index in [2.05, 4.69) is 79.8 Å². The van der Waals surface area contributed by atoms with Crippen LogP contribution in [-0.2, 0) is 38.2 Å². The molecule has 1 aliphatic carbocycles. The van der Waals surface area contributed by atoms with Crippen molar-refractivity contribution < 1.29 is 47.2 Å². The molecule has 4 heterocycles. The van der Waals surface area contributed by atoms with Crippen LogP contribution in [-0.4, -0.2) is 119 Å². The molecule has 2 amide bonds. The highest BCUT2D eigenvalue weighted by Crippen LogP contribution is 2.52. The number of nitrogens with zero attached hydrogens (tertiary/aromatic N) is 5. The van der Waals surface area contributed by atoms with Crippen molar-refractivity contribution in [2.45, 2.75) is 122 Å². The highest BCUT2D eigenvalue weighted by atomic mass is 32.2. The minimum absolute atomic E-state index is 0.0210. The molecule has 0 spiro atoms. The molecular formula is C57H78F3N11O7S. The number of likely N-dealkylation sites (tertiary alicyclic amines) is 1. The van der Waals surface area contributed by atoms with Gasteiger partial charge in [0.1, 0.15) is 11.5 Å². The summed E-state index contributed by atoms with van der Waals surface area (Å²) < 4.78 is 59.7. The number of carbonyl (C=O) groups is 2. The second kappa shape index (κ2) is 28.7. The maximum absolute atomic E-state index is 15.6. The SMILES string of the molecule is CC1CCN(CCOCC(C)(C)c2cc3cc(NC(=O)C4(c5ccc6c(c5)OC(F)(F)O6)CC4)c(F)cc3n2CC(O)CO)CC1.CCC.CCCSc1nc(NCCN)c(N)c(N(N)Cc2ccc(C#CCNC=O)cc2)n1. The Hall–Kier alpha value is -6.32. The fraction of sp³-hybridized carbons (Fsp3) is 0.509. The molecular weight excluding hydrogens is 1040 g/mol. The van der Waals surface area contributed by atoms with Crippen LogP contribution in [0.25, 0.3) is 10.9 Å². The van der Waals surface area contributed by atoms with Gasteiger partial charge in [-0.1, -0.05) is 89.8 Å². The van der Waals surface area contributed by atoms with Crippen LogP contribution in [0.15, 0.2) is 65.8 Å². The first-order valence-electron chi connectivity index (χ1n) is 27.0. The first-order chi connectivity index (χ1) is 37.8. The van der Waals surface area contributed by atoms with E-state index in [0.717, 1.165) is 54.5 Å². The number of piperidine rings is 1. The van der Waals surface area contributed by atoms with Gasteiger partial charge in [0.15, 0.2) is 28.3 Å². The lowest BCUT2D eigenvalue weighted by molar-refractivity contribution is -0.286. The highest BCUT2D eigenvalue weighted by Gasteiger charge is 2.53. The number of carbonyl (C=O) groups excluding carboxylic acids is 2. The average Bonchev–Trinajstić information content (AvgIpc) is 4.31. The molecule has 11 N–H and O–H groups in total. The van der Waals surface area contributed by atoms with E-state index >= 15 is 4.39 Å². The number of hydrogen-bond acceptors (Lipinski definition) is 16. The molecule has 1 unspecified atom stereocenters. The zero-order valence-electron chi connectivity index (χ0n) is 46.2. The largest absolute Gasteiger partial charge is 0.586 e. The zero-order chi connectivity index (χ0) is 57.3. The van der Waals surface area contributed by atoms with Crippen LogP contribution in [0.5, 0.6) is 11.5 Å². The smallest absolute Gasteiger partial charge is 0.395 e. The third kappa shape index (κ3) is 16.9. The fourth-order valence-electron chi connectivity index (χ4n) is 8.99. The van der Waals surface area contributed by atoms with Crippen LogP contribution < -0.4 is 47.7 Å². The fourth-order valence-corrected chi connectivity index (χ4v) is 9.68. The van der Waals surface area contributed by atoms with Gasteiger partial charge in [0.05, 0.1) is 62.2 Å². The van der Waals surface area contributed by atoms with Gasteiger partial charge in [-0.2, -0.15) is 0 Å². The summed E-state index contributed by atoms with van der Waals surface area (Å²) in [5, 5.41) is 31.1. The van der Waals surface area contributed by atoms with Crippen molar-refractivity contribution in [1.29, 1.82) is 0 Å². The molecule has 430 valence electrons. The minimum Gasteiger partial charge on any atom is -0.395 e. The normalized spacial score (nSPS) is 15.6. The quantitative estimate of drug-likeness (QED) is 0.00600. The summed E-state index contributed by atoms with van der Waals surface area (Å²) in [5.74, 6) is 13.4. The number of amides is 2. The van der Waals surface area contributed by atoms with E-state index in [9.17, 15) is 28.6 Å². The standard InChI is InChI=1S/C34H42F3N3O6.C20H28N8OS.C3H8/c1-21-6-10-39(11-7-21)12-13-44-20-32(2,3)30-15-22-14-26(25(35)17-27(22)40(30)18-24(42)19-41)38-31(43)33(8-9-33)23-4-5-28-29(16-23)46-34(36,37)45-28;1-2-12-30-20-26-18(25-11-9-21)17(22)19(27-20)28(23)13-16-7-5-15(6-8-16)4-3-10-24-14-29;1-3-2/h4-5,14-17,21,24,41-42H,6-13,18-20H2,1-3H3,(H,38,43);5-8,14H,2,9-13,21-23H2,1H3,(H,24,29)(H,25,26,27);3H2,1-2H3. The summed E-state index contributed by atoms with van der Waals surface area (Å²) in [6.07, 6.45) is 1.35. The van der Waals surface area contributed by atoms with E-state index < -0.39 is 41.6 Å². The number of nitrogens with two attached hydrogens (primary N) is 3. The van der Waals surface area contributed by atoms with Gasteiger partial charge in [0, 0.05) is 53.5 Å². The average molecular weight is 1120 g/mol. The number of rotatable bonds is 23. The Kier molecular flexibility index (Phi) is 22.5. The van der Waals surface area contributed by atoms with E-state index in [1.165, 1.54) is 42.5 Å². The first kappa shape index (κ1) is 61.9. The number of hydrogen-bond donors (Lipinski definition) is 8. The molecule has 1 saturated carbocycles. The summed E-state index contributed by atoms with van der Waals surface area (Å²) in [7, 11) is 0. The first-order valence-corrected chi connectivity index (χ1v) is 27.9. The van der Waals surface area contributed by atoms with Crippen molar-refractivity contribution in [1.82, 2.24) is 24.8 Å². The summed E-state index contributed by atoms with van der Waals surface area (Å²) >= 11 is 1.55. The van der Waals surface area contributed by atoms with Crippen LogP contribution in [0, 0.1) is 23.6 Å². The van der Waals surface area contributed by atoms with Gasteiger partial charge in [-0.25, -0.2) is 20.2 Å². The van der Waals surface area contributed by atoms with Crippen molar-refractivity contribution in [3.8, 4) is 23.3 Å². The Labute approximate surface area is 465 Å². The summed E-state index contributed by atoms with van der Waals surface area (Å²) in [5.41, 5.74) is 14.3. The summed E-state index contributed by atoms with van der Waals surface area (Å²) in [6, 6.07) is 16.7. The van der Waals surface area contributed by atoms with E-state index in [1.807, 2.05) is 44.2 Å². The molecule has 5 aromatic rings. The maximum atomic E-state index is 15.6. The molecule has 3 aromatic carbocycles. The third-order valence-corrected chi connectivity index (χ3v) is 14.5. The van der Waals surface area contributed by atoms with Gasteiger partial charge in [0.25, 0.3) is 0 Å². The number of fused-ring (bicyclic) bond motifs is 2. The van der Waals surface area contributed by atoms with Crippen molar-refractivity contribution in [3.63, 3.8) is 0 Å². The number of nitrogen functional groups attached to an aromatic ring is 1. The molecule has 8 rings (SSSR count). The molecule has 2 aromatic heterocycles. The second-order valence-electron chi connectivity index (χ2n) is 20.7. The number of aliphatic hydroxyl groups is 2. The van der Waals surface area contributed by atoms with Crippen molar-refractivity contribution >= 4 is 58.0 Å². The lowest BCUT2D eigenvalue weighted by atomic mass is 9.90. The molecule has 1 saturated heterocycles. The number of aliphatic hydroxyl groups excluding tert-OH is 2. The number of ether oxygens (including phenoxy) is 3. The van der Waals surface area contributed by atoms with Gasteiger partial charge in [-0.15, -0.1) is 8.78 Å². The number of benzene rings is 3. The van der Waals surface area contributed by atoms with E-state index in [1.54, 1.807) is 28.5 Å². The monoisotopic (exact) mass is 1120 g/mol. The van der Waals surface area contributed by atoms with Gasteiger partial charge in [0.2, 0.25) is 12.3 Å². The Morgan fingerprint density at radius 1 is 1.06 bits per heavy atom. The Morgan fingerprint density at radius 3 is 2.43 bits per heavy atom. The van der Waals surface area contributed by atoms with Crippen LogP contribution in [0.2, 0.25) is 0 Å². The molecule has 2 fully saturated rings. The van der Waals surface area contributed by atoms with E-state index in [0.29, 0.717) is 97.6 Å². The van der Waals surface area contributed by atoms with E-state index in [-0.39, 0.29) is 23.7 Å². The number of nitrogens with one attached hydrogen (secondary N) is 3. The number of anilines is 4. The number of halogens is 3. The topological polar surface area (TPSA) is 254 Å². The molecule has 0 bridgehead atoms. The van der Waals surface area contributed by atoms with Gasteiger partial charge < -0.3 is 61.3 Å². The number of thioether (sulfide) groups is 1. The summed E-state index contributed by atoms with van der Waals surface area (Å²) in [4.78, 5) is 35.2. The molecule has 1 atom stereocenters. The lowest BCUT2D eigenvalue weighted by Gasteiger charge is -2.31. The number of alkyl halides is 2. The molecule has 22 heteroatoms. The van der Waals surface area contributed by atoms with Crippen LogP contribution in [0.4, 0.5) is 36.2 Å². The highest BCUT2D eigenvalue weighted by molar-refractivity contribution is 7.99. The lowest BCUT2D eigenvalue weighted by Crippen LogP contribution is -2.36. The number of aromatic nitrogens is 3.